The highest BCUT2D eigenvalue weighted by molar-refractivity contribution is 7.90. The monoisotopic (exact) mass is 348 g/mol. The second kappa shape index (κ2) is 5.94. The van der Waals surface area contributed by atoms with Gasteiger partial charge in [0.2, 0.25) is 5.91 Å². The summed E-state index contributed by atoms with van der Waals surface area (Å²) in [6, 6.07) is 4.57. The van der Waals surface area contributed by atoms with Gasteiger partial charge in [0, 0.05) is 31.7 Å². The predicted molar refractivity (Wildman–Crippen MR) is 91.9 cm³/mol. The van der Waals surface area contributed by atoms with Crippen molar-refractivity contribution in [1.29, 1.82) is 0 Å². The van der Waals surface area contributed by atoms with Crippen molar-refractivity contribution in [3.8, 4) is 0 Å². The van der Waals surface area contributed by atoms with Crippen LogP contribution in [0, 0.1) is 6.92 Å². The number of benzene rings is 1. The van der Waals surface area contributed by atoms with Crippen LogP contribution in [0.2, 0.25) is 0 Å². The lowest BCUT2D eigenvalue weighted by Gasteiger charge is -2.17. The van der Waals surface area contributed by atoms with Crippen LogP contribution < -0.4 is 10.2 Å². The molecule has 2 aromatic rings. The number of sulfone groups is 1. The minimum Gasteiger partial charge on any atom is -0.373 e. The number of hydrogen-bond donors (Lipinski definition) is 1. The van der Waals surface area contributed by atoms with Gasteiger partial charge < -0.3 is 10.2 Å². The second-order valence-electron chi connectivity index (χ2n) is 6.10. The molecule has 1 saturated heterocycles. The minimum atomic E-state index is -3.23. The fourth-order valence-electron chi connectivity index (χ4n) is 2.83. The van der Waals surface area contributed by atoms with Gasteiger partial charge in [-0.15, -0.1) is 0 Å². The zero-order chi connectivity index (χ0) is 17.5. The molecule has 24 heavy (non-hydrogen) atoms. The number of carbonyl (C=O) groups is 1. The molecule has 1 atom stereocenters. The second-order valence-corrected chi connectivity index (χ2v) is 8.11. The number of aryl methyl sites for hydroxylation is 2. The molecular weight excluding hydrogens is 328 g/mol. The van der Waals surface area contributed by atoms with E-state index in [4.69, 9.17) is 0 Å². The topological polar surface area (TPSA) is 84.3 Å². The number of carbonyl (C=O) groups excluding carboxylic acids is 1. The van der Waals surface area contributed by atoms with E-state index < -0.39 is 9.84 Å². The van der Waals surface area contributed by atoms with Gasteiger partial charge in [0.1, 0.15) is 6.04 Å². The van der Waals surface area contributed by atoms with Gasteiger partial charge in [-0.1, -0.05) is 0 Å². The van der Waals surface area contributed by atoms with E-state index in [2.05, 4.69) is 10.4 Å². The van der Waals surface area contributed by atoms with Crippen LogP contribution in [0.15, 0.2) is 35.5 Å². The molecule has 1 amide bonds. The number of nitrogens with zero attached hydrogens (tertiary/aromatic N) is 3. The first kappa shape index (κ1) is 16.5. The van der Waals surface area contributed by atoms with Gasteiger partial charge in [-0.2, -0.15) is 5.10 Å². The summed E-state index contributed by atoms with van der Waals surface area (Å²) in [7, 11) is -1.42. The molecular formula is C16H20N4O3S. The van der Waals surface area contributed by atoms with Crippen molar-refractivity contribution in [2.45, 2.75) is 24.3 Å². The molecule has 1 unspecified atom stereocenters. The number of rotatable bonds is 4. The summed E-state index contributed by atoms with van der Waals surface area (Å²) < 4.78 is 24.9. The SMILES string of the molecule is Cc1cc(S(C)(=O)=O)ccc1NC1CCN(c2cnn(C)c2)C1=O. The lowest BCUT2D eigenvalue weighted by molar-refractivity contribution is -0.117. The molecule has 1 aromatic heterocycles. The number of hydrogen-bond acceptors (Lipinski definition) is 5. The van der Waals surface area contributed by atoms with Crippen LogP contribution in [0.4, 0.5) is 11.4 Å². The van der Waals surface area contributed by atoms with Gasteiger partial charge in [0.25, 0.3) is 0 Å². The van der Waals surface area contributed by atoms with Gasteiger partial charge in [0.05, 0.1) is 16.8 Å². The van der Waals surface area contributed by atoms with Crippen LogP contribution in [0.5, 0.6) is 0 Å². The summed E-state index contributed by atoms with van der Waals surface area (Å²) in [6.45, 7) is 2.46. The zero-order valence-corrected chi connectivity index (χ0v) is 14.7. The van der Waals surface area contributed by atoms with Gasteiger partial charge >= 0.3 is 0 Å². The van der Waals surface area contributed by atoms with Crippen molar-refractivity contribution in [2.24, 2.45) is 7.05 Å². The van der Waals surface area contributed by atoms with E-state index in [1.165, 1.54) is 6.26 Å². The van der Waals surface area contributed by atoms with Gasteiger partial charge in [-0.3, -0.25) is 9.48 Å². The lowest BCUT2D eigenvalue weighted by Crippen LogP contribution is -2.33. The quantitative estimate of drug-likeness (QED) is 0.902. The van der Waals surface area contributed by atoms with Crippen LogP contribution in [-0.4, -0.2) is 42.9 Å². The number of amides is 1. The first-order valence-electron chi connectivity index (χ1n) is 7.63. The highest BCUT2D eigenvalue weighted by Gasteiger charge is 2.33. The summed E-state index contributed by atoms with van der Waals surface area (Å²) in [5.41, 5.74) is 2.36. The molecule has 1 fully saturated rings. The Morgan fingerprint density at radius 3 is 2.67 bits per heavy atom. The molecule has 128 valence electrons. The fourth-order valence-corrected chi connectivity index (χ4v) is 3.54. The van der Waals surface area contributed by atoms with Crippen LogP contribution in [-0.2, 0) is 21.7 Å². The molecule has 3 rings (SSSR count). The van der Waals surface area contributed by atoms with E-state index in [1.807, 2.05) is 20.2 Å². The number of nitrogens with one attached hydrogen (secondary N) is 1. The summed E-state index contributed by atoms with van der Waals surface area (Å²) in [6.07, 6.45) is 5.35. The van der Waals surface area contributed by atoms with Crippen LogP contribution >= 0.6 is 0 Å². The first-order chi connectivity index (χ1) is 11.3. The molecule has 8 heteroatoms. The molecule has 0 aliphatic carbocycles. The molecule has 0 bridgehead atoms. The maximum Gasteiger partial charge on any atom is 0.249 e. The van der Waals surface area contributed by atoms with E-state index >= 15 is 0 Å². The van der Waals surface area contributed by atoms with Crippen molar-refractivity contribution in [3.63, 3.8) is 0 Å². The molecule has 0 saturated carbocycles. The van der Waals surface area contributed by atoms with Crippen molar-refractivity contribution >= 4 is 27.1 Å². The maximum atomic E-state index is 12.6. The molecule has 1 aromatic carbocycles. The predicted octanol–water partition coefficient (Wildman–Crippen LogP) is 1.35. The molecule has 1 N–H and O–H groups in total. The molecule has 2 heterocycles. The smallest absolute Gasteiger partial charge is 0.249 e. The van der Waals surface area contributed by atoms with Crippen LogP contribution in [0.1, 0.15) is 12.0 Å². The summed E-state index contributed by atoms with van der Waals surface area (Å²) in [4.78, 5) is 14.6. The maximum absolute atomic E-state index is 12.6. The highest BCUT2D eigenvalue weighted by atomic mass is 32.2. The normalized spacial score (nSPS) is 18.2. The Labute approximate surface area is 141 Å². The largest absolute Gasteiger partial charge is 0.373 e. The average molecular weight is 348 g/mol. The Balaban J connectivity index is 1.76. The van der Waals surface area contributed by atoms with Crippen molar-refractivity contribution in [1.82, 2.24) is 9.78 Å². The Morgan fingerprint density at radius 2 is 2.08 bits per heavy atom. The Hall–Kier alpha value is -2.35. The molecule has 0 spiro atoms. The third-order valence-corrected chi connectivity index (χ3v) is 5.27. The number of anilines is 2. The summed E-state index contributed by atoms with van der Waals surface area (Å²) >= 11 is 0. The molecule has 7 nitrogen and oxygen atoms in total. The zero-order valence-electron chi connectivity index (χ0n) is 13.9. The van der Waals surface area contributed by atoms with Gasteiger partial charge in [-0.05, 0) is 37.1 Å². The van der Waals surface area contributed by atoms with Crippen molar-refractivity contribution in [3.05, 3.63) is 36.2 Å². The third-order valence-electron chi connectivity index (χ3n) is 4.16. The number of aromatic nitrogens is 2. The third kappa shape index (κ3) is 3.14. The van der Waals surface area contributed by atoms with Crippen molar-refractivity contribution < 1.29 is 13.2 Å². The molecule has 0 radical (unpaired) electrons. The Morgan fingerprint density at radius 1 is 1.33 bits per heavy atom. The summed E-state index contributed by atoms with van der Waals surface area (Å²) in [5.74, 6) is -0.00501. The van der Waals surface area contributed by atoms with E-state index in [1.54, 1.807) is 34.0 Å². The molecule has 1 aliphatic rings. The van der Waals surface area contributed by atoms with E-state index in [0.29, 0.717) is 13.0 Å². The van der Waals surface area contributed by atoms with E-state index in [-0.39, 0.29) is 16.8 Å². The summed E-state index contributed by atoms with van der Waals surface area (Å²) in [5, 5.41) is 7.33. The first-order valence-corrected chi connectivity index (χ1v) is 9.52. The average Bonchev–Trinajstić information content (AvgIpc) is 3.07. The molecule has 1 aliphatic heterocycles. The van der Waals surface area contributed by atoms with E-state index in [0.717, 1.165) is 16.9 Å². The Bertz CT molecular complexity index is 888. The van der Waals surface area contributed by atoms with Gasteiger partial charge in [0.15, 0.2) is 9.84 Å². The van der Waals surface area contributed by atoms with Crippen LogP contribution in [0.25, 0.3) is 0 Å². The van der Waals surface area contributed by atoms with Gasteiger partial charge in [-0.25, -0.2) is 8.42 Å². The minimum absolute atomic E-state index is 0.00501. The lowest BCUT2D eigenvalue weighted by atomic mass is 10.1. The van der Waals surface area contributed by atoms with E-state index in [9.17, 15) is 13.2 Å². The standard InChI is InChI=1S/C16H20N4O3S/c1-11-8-13(24(3,22)23)4-5-14(11)18-15-6-7-20(16(15)21)12-9-17-19(2)10-12/h4-5,8-10,15,18H,6-7H2,1-3H3. The van der Waals surface area contributed by atoms with Crippen molar-refractivity contribution in [2.75, 3.05) is 23.0 Å². The Kier molecular flexibility index (Phi) is 4.08. The highest BCUT2D eigenvalue weighted by Crippen LogP contribution is 2.25. The fraction of sp³-hybridized carbons (Fsp3) is 0.375. The van der Waals surface area contributed by atoms with Crippen LogP contribution in [0.3, 0.4) is 0 Å².